The van der Waals surface area contributed by atoms with E-state index in [0.717, 1.165) is 19.6 Å². The summed E-state index contributed by atoms with van der Waals surface area (Å²) in [6.45, 7) is 11.4. The molecule has 11 heteroatoms. The lowest BCUT2D eigenvalue weighted by Gasteiger charge is -2.32. The number of ether oxygens (including phenoxy) is 2. The average molecular weight is 563 g/mol. The second kappa shape index (κ2) is 11.6. The highest BCUT2D eigenvalue weighted by Gasteiger charge is 2.47. The monoisotopic (exact) mass is 562 g/mol. The lowest BCUT2D eigenvalue weighted by molar-refractivity contribution is -0.142. The maximum absolute atomic E-state index is 14.0. The van der Waals surface area contributed by atoms with Gasteiger partial charge in [-0.25, -0.2) is 4.79 Å². The third-order valence-corrected chi connectivity index (χ3v) is 7.30. The maximum atomic E-state index is 14.0. The number of piperidine rings is 1. The zero-order valence-corrected chi connectivity index (χ0v) is 23.7. The van der Waals surface area contributed by atoms with Crippen LogP contribution >= 0.6 is 0 Å². The van der Waals surface area contributed by atoms with Gasteiger partial charge in [0.05, 0.1) is 6.10 Å². The van der Waals surface area contributed by atoms with Crippen molar-refractivity contribution in [2.24, 2.45) is 0 Å². The van der Waals surface area contributed by atoms with Crippen molar-refractivity contribution in [3.05, 3.63) is 52.5 Å². The van der Waals surface area contributed by atoms with E-state index in [1.807, 2.05) is 0 Å². The fourth-order valence-electron chi connectivity index (χ4n) is 5.35. The predicted molar refractivity (Wildman–Crippen MR) is 144 cm³/mol. The summed E-state index contributed by atoms with van der Waals surface area (Å²) in [6.07, 6.45) is -1.59. The van der Waals surface area contributed by atoms with E-state index in [4.69, 9.17) is 9.47 Å². The molecular weight excluding hydrogens is 525 g/mol. The van der Waals surface area contributed by atoms with Crippen LogP contribution in [0.2, 0.25) is 0 Å². The quantitative estimate of drug-likeness (QED) is 0.454. The van der Waals surface area contributed by atoms with Gasteiger partial charge < -0.3 is 14.4 Å². The number of aromatic nitrogens is 2. The van der Waals surface area contributed by atoms with E-state index in [1.165, 1.54) is 31.1 Å². The van der Waals surface area contributed by atoms with Gasteiger partial charge in [0.2, 0.25) is 0 Å². The molecule has 2 aliphatic rings. The zero-order valence-electron chi connectivity index (χ0n) is 23.7. The fraction of sp³-hybridized carbons (Fsp3) is 0.552. The molecule has 8 nitrogen and oxygen atoms in total. The van der Waals surface area contributed by atoms with Gasteiger partial charge in [0.15, 0.2) is 0 Å². The lowest BCUT2D eigenvalue weighted by Crippen LogP contribution is -2.39. The number of H-pyrrole nitrogens is 1. The number of hydrogen-bond acceptors (Lipinski definition) is 6. The molecule has 2 aromatic rings. The van der Waals surface area contributed by atoms with Gasteiger partial charge >= 0.3 is 12.1 Å². The van der Waals surface area contributed by atoms with Crippen molar-refractivity contribution < 1.29 is 32.2 Å². The second-order valence-electron chi connectivity index (χ2n) is 11.3. The molecule has 2 aliphatic heterocycles. The summed E-state index contributed by atoms with van der Waals surface area (Å²) in [5.74, 6) is -0.682. The molecule has 1 aromatic heterocycles. The van der Waals surface area contributed by atoms with Crippen molar-refractivity contribution in [1.82, 2.24) is 20.0 Å². The van der Waals surface area contributed by atoms with E-state index in [2.05, 4.69) is 15.1 Å². The number of amides is 1. The Morgan fingerprint density at radius 1 is 1.10 bits per heavy atom. The van der Waals surface area contributed by atoms with Crippen molar-refractivity contribution >= 4 is 17.4 Å². The van der Waals surface area contributed by atoms with Crippen molar-refractivity contribution in [1.29, 1.82) is 0 Å². The standard InChI is InChI=1S/C29H37F3N4O4/c1-18(2)40-27(38)22-19(3)36(17-28(4,5)23-24(22)33-34-25(23)29(30,31)32)26(37)20-9-11-21(12-10-20)39-16-15-35-13-7-6-8-14-35/h9-12,18H,6-8,13-17H2,1-5H3,(H,33,34). The number of likely N-dealkylation sites (tertiary alicyclic amines) is 1. The number of aromatic amines is 1. The molecule has 3 heterocycles. The molecule has 0 aliphatic carbocycles. The number of nitrogens with one attached hydrogen (secondary N) is 1. The summed E-state index contributed by atoms with van der Waals surface area (Å²) < 4.78 is 53.2. The highest BCUT2D eigenvalue weighted by Crippen LogP contribution is 2.44. The number of carbonyl (C=O) groups excluding carboxylic acids is 2. The number of rotatable bonds is 7. The Kier molecular flexibility index (Phi) is 8.63. The van der Waals surface area contributed by atoms with Crippen LogP contribution in [0.15, 0.2) is 30.0 Å². The number of benzene rings is 1. The van der Waals surface area contributed by atoms with Crippen LogP contribution < -0.4 is 4.74 Å². The highest BCUT2D eigenvalue weighted by atomic mass is 19.4. The number of carbonyl (C=O) groups is 2. The van der Waals surface area contributed by atoms with Crippen LogP contribution in [0.3, 0.4) is 0 Å². The van der Waals surface area contributed by atoms with Gasteiger partial charge in [0.1, 0.15) is 29.3 Å². The van der Waals surface area contributed by atoms with Crippen molar-refractivity contribution in [3.8, 4) is 5.75 Å². The first kappa shape index (κ1) is 29.6. The third kappa shape index (κ3) is 6.35. The van der Waals surface area contributed by atoms with Gasteiger partial charge in [-0.1, -0.05) is 20.3 Å². The van der Waals surface area contributed by atoms with E-state index in [0.29, 0.717) is 17.9 Å². The zero-order chi connectivity index (χ0) is 29.2. The van der Waals surface area contributed by atoms with Gasteiger partial charge in [-0.3, -0.25) is 14.8 Å². The Morgan fingerprint density at radius 3 is 2.35 bits per heavy atom. The number of hydrogen-bond donors (Lipinski definition) is 1. The number of nitrogens with zero attached hydrogens (tertiary/aromatic N) is 3. The molecule has 0 bridgehead atoms. The minimum absolute atomic E-state index is 0.111. The van der Waals surface area contributed by atoms with Gasteiger partial charge in [-0.05, 0) is 71.0 Å². The molecule has 1 N–H and O–H groups in total. The minimum atomic E-state index is -4.73. The Hall–Kier alpha value is -3.34. The Balaban J connectivity index is 1.62. The van der Waals surface area contributed by atoms with Crippen molar-refractivity contribution in [2.75, 3.05) is 32.8 Å². The summed E-state index contributed by atoms with van der Waals surface area (Å²) in [7, 11) is 0. The van der Waals surface area contributed by atoms with Crippen LogP contribution in [-0.4, -0.2) is 70.8 Å². The summed E-state index contributed by atoms with van der Waals surface area (Å²) in [4.78, 5) is 30.7. The molecule has 1 fully saturated rings. The summed E-state index contributed by atoms with van der Waals surface area (Å²) in [5, 5.41) is 6.00. The molecule has 0 unspecified atom stereocenters. The Morgan fingerprint density at radius 2 is 1.75 bits per heavy atom. The minimum Gasteiger partial charge on any atom is -0.492 e. The molecule has 1 amide bonds. The van der Waals surface area contributed by atoms with Crippen molar-refractivity contribution in [2.45, 2.75) is 71.6 Å². The molecule has 0 spiro atoms. The third-order valence-electron chi connectivity index (χ3n) is 7.30. The fourth-order valence-corrected chi connectivity index (χ4v) is 5.35. The first-order valence-electron chi connectivity index (χ1n) is 13.6. The lowest BCUT2D eigenvalue weighted by atomic mass is 9.81. The highest BCUT2D eigenvalue weighted by molar-refractivity contribution is 6.18. The van der Waals surface area contributed by atoms with Crippen LogP contribution in [0.25, 0.3) is 5.57 Å². The van der Waals surface area contributed by atoms with Crippen LogP contribution in [0.4, 0.5) is 13.2 Å². The largest absolute Gasteiger partial charge is 0.492 e. The first-order chi connectivity index (χ1) is 18.8. The Bertz CT molecular complexity index is 1260. The molecule has 218 valence electrons. The summed E-state index contributed by atoms with van der Waals surface area (Å²) in [6, 6.07) is 6.64. The molecule has 1 saturated heterocycles. The van der Waals surface area contributed by atoms with E-state index in [9.17, 15) is 22.8 Å². The average Bonchev–Trinajstić information content (AvgIpc) is 3.31. The molecule has 4 rings (SSSR count). The molecule has 0 atom stereocenters. The van der Waals surface area contributed by atoms with Gasteiger partial charge in [-0.15, -0.1) is 0 Å². The van der Waals surface area contributed by atoms with E-state index >= 15 is 0 Å². The van der Waals surface area contributed by atoms with Gasteiger partial charge in [0, 0.05) is 35.3 Å². The smallest absolute Gasteiger partial charge is 0.433 e. The molecule has 0 radical (unpaired) electrons. The van der Waals surface area contributed by atoms with Gasteiger partial charge in [-0.2, -0.15) is 18.3 Å². The van der Waals surface area contributed by atoms with Crippen molar-refractivity contribution in [3.63, 3.8) is 0 Å². The summed E-state index contributed by atoms with van der Waals surface area (Å²) in [5.41, 5.74) is -2.28. The Labute approximate surface area is 232 Å². The second-order valence-corrected chi connectivity index (χ2v) is 11.3. The topological polar surface area (TPSA) is 87.8 Å². The van der Waals surface area contributed by atoms with E-state index in [1.54, 1.807) is 52.0 Å². The van der Waals surface area contributed by atoms with Gasteiger partial charge in [0.25, 0.3) is 5.91 Å². The number of esters is 1. The first-order valence-corrected chi connectivity index (χ1v) is 13.6. The molecule has 0 saturated carbocycles. The van der Waals surface area contributed by atoms with Crippen LogP contribution in [0.5, 0.6) is 5.75 Å². The van der Waals surface area contributed by atoms with E-state index < -0.39 is 35.3 Å². The molecular formula is C29H37F3N4O4. The number of allylic oxidation sites excluding steroid dienone is 1. The number of halogens is 3. The molecule has 1 aromatic carbocycles. The molecule has 40 heavy (non-hydrogen) atoms. The van der Waals surface area contributed by atoms with Crippen LogP contribution in [0, 0.1) is 0 Å². The maximum Gasteiger partial charge on any atom is 0.433 e. The normalized spacial score (nSPS) is 18.0. The number of alkyl halides is 3. The SMILES string of the molecule is CC1=C(C(=O)OC(C)C)c2n[nH]c(C(F)(F)F)c2C(C)(C)CN1C(=O)c1ccc(OCCN2CCCCC2)cc1. The van der Waals surface area contributed by atoms with Crippen LogP contribution in [-0.2, 0) is 21.1 Å². The van der Waals surface area contributed by atoms with Crippen LogP contribution in [0.1, 0.15) is 81.2 Å². The summed E-state index contributed by atoms with van der Waals surface area (Å²) >= 11 is 0. The van der Waals surface area contributed by atoms with E-state index in [-0.39, 0.29) is 29.1 Å². The number of fused-ring (bicyclic) bond motifs is 1. The predicted octanol–water partition coefficient (Wildman–Crippen LogP) is 5.41.